The van der Waals surface area contributed by atoms with Crippen molar-refractivity contribution >= 4 is 21.8 Å². The maximum atomic E-state index is 13.3. The third-order valence-corrected chi connectivity index (χ3v) is 5.91. The topological polar surface area (TPSA) is 102 Å². The number of carbonyl (C=O) groups is 1. The molecule has 0 bridgehead atoms. The van der Waals surface area contributed by atoms with Crippen LogP contribution in [0.3, 0.4) is 0 Å². The molecule has 1 aromatic heterocycles. The van der Waals surface area contributed by atoms with Crippen molar-refractivity contribution in [2.24, 2.45) is 0 Å². The molecule has 3 rings (SSSR count). The van der Waals surface area contributed by atoms with Crippen LogP contribution >= 0.6 is 0 Å². The van der Waals surface area contributed by atoms with Gasteiger partial charge in [0.25, 0.3) is 5.91 Å². The Balaban J connectivity index is 1.81. The van der Waals surface area contributed by atoms with Crippen LogP contribution in [-0.2, 0) is 9.84 Å². The lowest BCUT2D eigenvalue weighted by Gasteiger charge is -2.09. The number of carbonyl (C=O) groups excluding carboxylic acids is 1. The van der Waals surface area contributed by atoms with Crippen LogP contribution in [0.1, 0.15) is 24.2 Å². The van der Waals surface area contributed by atoms with E-state index in [0.717, 1.165) is 0 Å². The predicted octanol–water partition coefficient (Wildman–Crippen LogP) is 3.31. The number of hydrogen-bond acceptors (Lipinski definition) is 6. The molecule has 3 aromatic rings. The van der Waals surface area contributed by atoms with Gasteiger partial charge in [-0.2, -0.15) is 0 Å². The van der Waals surface area contributed by atoms with E-state index in [1.807, 2.05) is 0 Å². The van der Waals surface area contributed by atoms with Gasteiger partial charge in [-0.1, -0.05) is 17.2 Å². The first-order valence-electron chi connectivity index (χ1n) is 8.02. The molecule has 0 radical (unpaired) electrons. The Kier molecular flexibility index (Phi) is 5.04. The molecule has 0 aliphatic carbocycles. The Morgan fingerprint density at radius 1 is 1.11 bits per heavy atom. The molecule has 1 amide bonds. The van der Waals surface area contributed by atoms with Crippen molar-refractivity contribution < 1.29 is 22.0 Å². The molecule has 1 heterocycles. The van der Waals surface area contributed by atoms with Crippen LogP contribution in [0.5, 0.6) is 0 Å². The Morgan fingerprint density at radius 3 is 2.56 bits per heavy atom. The van der Waals surface area contributed by atoms with Gasteiger partial charge in [-0.3, -0.25) is 10.1 Å². The molecule has 7 nitrogen and oxygen atoms in total. The highest BCUT2D eigenvalue weighted by Gasteiger charge is 2.21. The highest BCUT2D eigenvalue weighted by Crippen LogP contribution is 2.21. The fourth-order valence-corrected chi connectivity index (χ4v) is 3.37. The van der Waals surface area contributed by atoms with Crippen molar-refractivity contribution in [2.75, 3.05) is 5.32 Å². The van der Waals surface area contributed by atoms with Crippen LogP contribution in [0.4, 0.5) is 10.4 Å². The molecular formula is C18H16FN3O4S. The molecular weight excluding hydrogens is 373 g/mol. The quantitative estimate of drug-likeness (QED) is 0.718. The van der Waals surface area contributed by atoms with Crippen LogP contribution in [0.15, 0.2) is 57.8 Å². The van der Waals surface area contributed by atoms with Crippen molar-refractivity contribution in [3.63, 3.8) is 0 Å². The first-order valence-corrected chi connectivity index (χ1v) is 9.57. The number of sulfone groups is 1. The monoisotopic (exact) mass is 389 g/mol. The van der Waals surface area contributed by atoms with Gasteiger partial charge in [0.05, 0.1) is 10.1 Å². The van der Waals surface area contributed by atoms with Crippen LogP contribution in [0.25, 0.3) is 11.5 Å². The lowest BCUT2D eigenvalue weighted by molar-refractivity contribution is 0.102. The molecule has 0 fully saturated rings. The van der Waals surface area contributed by atoms with Crippen LogP contribution in [-0.4, -0.2) is 29.8 Å². The van der Waals surface area contributed by atoms with Gasteiger partial charge in [0.2, 0.25) is 5.89 Å². The molecule has 27 heavy (non-hydrogen) atoms. The van der Waals surface area contributed by atoms with E-state index in [2.05, 4.69) is 15.5 Å². The smallest absolute Gasteiger partial charge is 0.322 e. The third-order valence-electron chi connectivity index (χ3n) is 3.76. The Morgan fingerprint density at radius 2 is 1.85 bits per heavy atom. The number of benzene rings is 2. The molecule has 0 atom stereocenters. The first-order chi connectivity index (χ1) is 12.8. The van der Waals surface area contributed by atoms with E-state index in [1.54, 1.807) is 19.9 Å². The molecule has 9 heteroatoms. The van der Waals surface area contributed by atoms with E-state index in [9.17, 15) is 17.6 Å². The second-order valence-electron chi connectivity index (χ2n) is 6.00. The third kappa shape index (κ3) is 4.03. The maximum Gasteiger partial charge on any atom is 0.322 e. The van der Waals surface area contributed by atoms with Crippen LogP contribution < -0.4 is 5.32 Å². The minimum Gasteiger partial charge on any atom is -0.403 e. The molecule has 0 saturated carbocycles. The number of nitrogens with zero attached hydrogens (tertiary/aromatic N) is 2. The highest BCUT2D eigenvalue weighted by atomic mass is 32.2. The number of rotatable bonds is 5. The summed E-state index contributed by atoms with van der Waals surface area (Å²) in [6.45, 7) is 3.13. The van der Waals surface area contributed by atoms with E-state index in [0.29, 0.717) is 5.56 Å². The molecule has 140 valence electrons. The number of hydrogen-bond donors (Lipinski definition) is 1. The van der Waals surface area contributed by atoms with Gasteiger partial charge >= 0.3 is 6.01 Å². The minimum absolute atomic E-state index is 0.0425. The molecule has 0 aliphatic rings. The fourth-order valence-electron chi connectivity index (χ4n) is 2.27. The molecule has 2 aromatic carbocycles. The Hall–Kier alpha value is -3.07. The standard InChI is InChI=1S/C18H16FN3O4S/c1-11(2)27(24,25)15-8-4-5-12(10-15)16(23)20-18-22-21-17(26-18)13-6-3-7-14(19)9-13/h3-11H,1-2H3,(H,20,22,23). The summed E-state index contributed by atoms with van der Waals surface area (Å²) in [6, 6.07) is 11.1. The summed E-state index contributed by atoms with van der Waals surface area (Å²) >= 11 is 0. The van der Waals surface area contributed by atoms with Gasteiger partial charge in [0.1, 0.15) is 5.82 Å². The van der Waals surface area contributed by atoms with Gasteiger partial charge in [-0.25, -0.2) is 12.8 Å². The normalized spacial score (nSPS) is 11.6. The van der Waals surface area contributed by atoms with E-state index in [-0.39, 0.29) is 22.4 Å². The zero-order valence-corrected chi connectivity index (χ0v) is 15.3. The van der Waals surface area contributed by atoms with Gasteiger partial charge in [0.15, 0.2) is 9.84 Å². The van der Waals surface area contributed by atoms with Crippen molar-refractivity contribution in [1.82, 2.24) is 10.2 Å². The average Bonchev–Trinajstić information content (AvgIpc) is 3.10. The number of amides is 1. The summed E-state index contributed by atoms with van der Waals surface area (Å²) < 4.78 is 43.1. The number of aromatic nitrogens is 2. The van der Waals surface area contributed by atoms with Crippen molar-refractivity contribution in [2.45, 2.75) is 24.0 Å². The van der Waals surface area contributed by atoms with E-state index in [4.69, 9.17) is 4.42 Å². The SMILES string of the molecule is CC(C)S(=O)(=O)c1cccc(C(=O)Nc2nnc(-c3cccc(F)c3)o2)c1. The summed E-state index contributed by atoms with van der Waals surface area (Å²) in [5.74, 6) is -1.02. The van der Waals surface area contributed by atoms with Crippen molar-refractivity contribution in [3.05, 3.63) is 59.9 Å². The minimum atomic E-state index is -3.51. The summed E-state index contributed by atoms with van der Waals surface area (Å²) in [5, 5.41) is 9.25. The van der Waals surface area contributed by atoms with Crippen molar-refractivity contribution in [1.29, 1.82) is 0 Å². The van der Waals surface area contributed by atoms with E-state index < -0.39 is 26.8 Å². The molecule has 0 spiro atoms. The molecule has 0 saturated heterocycles. The van der Waals surface area contributed by atoms with E-state index >= 15 is 0 Å². The second kappa shape index (κ2) is 7.28. The first kappa shape index (κ1) is 18.7. The van der Waals surface area contributed by atoms with Gasteiger partial charge in [-0.05, 0) is 50.2 Å². The highest BCUT2D eigenvalue weighted by molar-refractivity contribution is 7.92. The van der Waals surface area contributed by atoms with Crippen LogP contribution in [0.2, 0.25) is 0 Å². The summed E-state index contributed by atoms with van der Waals surface area (Å²) in [4.78, 5) is 12.4. The number of nitrogens with one attached hydrogen (secondary N) is 1. The molecule has 0 unspecified atom stereocenters. The summed E-state index contributed by atoms with van der Waals surface area (Å²) in [7, 11) is -3.51. The predicted molar refractivity (Wildman–Crippen MR) is 96.4 cm³/mol. The lowest BCUT2D eigenvalue weighted by Crippen LogP contribution is -2.16. The second-order valence-corrected chi connectivity index (χ2v) is 8.50. The summed E-state index contributed by atoms with van der Waals surface area (Å²) in [6.07, 6.45) is 0. The molecule has 1 N–H and O–H groups in total. The van der Waals surface area contributed by atoms with Gasteiger partial charge in [0, 0.05) is 11.1 Å². The zero-order chi connectivity index (χ0) is 19.6. The Bertz CT molecular complexity index is 1090. The maximum absolute atomic E-state index is 13.3. The largest absolute Gasteiger partial charge is 0.403 e. The summed E-state index contributed by atoms with van der Waals surface area (Å²) in [5.41, 5.74) is 0.496. The number of halogens is 1. The number of anilines is 1. The zero-order valence-electron chi connectivity index (χ0n) is 14.5. The van der Waals surface area contributed by atoms with Gasteiger partial charge < -0.3 is 4.42 Å². The lowest BCUT2D eigenvalue weighted by atomic mass is 10.2. The van der Waals surface area contributed by atoms with Crippen molar-refractivity contribution in [3.8, 4) is 11.5 Å². The Labute approximate surface area is 155 Å². The van der Waals surface area contributed by atoms with E-state index in [1.165, 1.54) is 42.5 Å². The molecule has 0 aliphatic heterocycles. The fraction of sp³-hybridized carbons (Fsp3) is 0.167. The van der Waals surface area contributed by atoms with Crippen LogP contribution in [0, 0.1) is 5.82 Å². The average molecular weight is 389 g/mol. The van der Waals surface area contributed by atoms with Gasteiger partial charge in [-0.15, -0.1) is 5.10 Å².